The molecule has 0 N–H and O–H groups in total. The second kappa shape index (κ2) is 10.3. The quantitative estimate of drug-likeness (QED) is 0.214. The van der Waals surface area contributed by atoms with E-state index in [1.807, 2.05) is 30.3 Å². The molecular formula is C22H17Cl2PZr. The molecule has 0 nitrogen and oxygen atoms in total. The molecule has 0 aliphatic heterocycles. The SMILES string of the molecule is [Cl][Zr+2][Cl].c1cc[cH-]c1.c1ccc2[cH-]c(-p3ccc4ccccc43)cc2c1. The van der Waals surface area contributed by atoms with Gasteiger partial charge in [0.25, 0.3) is 0 Å². The molecule has 0 bridgehead atoms. The molecule has 0 aliphatic rings. The van der Waals surface area contributed by atoms with Gasteiger partial charge in [0.15, 0.2) is 0 Å². The zero-order valence-corrected chi connectivity index (χ0v) is 18.9. The Morgan fingerprint density at radius 3 is 2.08 bits per heavy atom. The normalized spacial score (nSPS) is 10.5. The molecule has 0 spiro atoms. The van der Waals surface area contributed by atoms with Crippen LogP contribution in [0.15, 0.2) is 103 Å². The average molecular weight is 474 g/mol. The molecule has 0 fully saturated rings. The van der Waals surface area contributed by atoms with Crippen molar-refractivity contribution in [3.8, 4) is 5.30 Å². The topological polar surface area (TPSA) is 0 Å². The van der Waals surface area contributed by atoms with Gasteiger partial charge in [-0.3, -0.25) is 0 Å². The van der Waals surface area contributed by atoms with Crippen molar-refractivity contribution < 1.29 is 20.8 Å². The number of benzene rings is 2. The Kier molecular flexibility index (Phi) is 7.78. The maximum atomic E-state index is 4.93. The summed E-state index contributed by atoms with van der Waals surface area (Å²) in [6, 6.07) is 34.3. The largest absolute Gasteiger partial charge is 0.214 e. The van der Waals surface area contributed by atoms with E-state index < -0.39 is 20.8 Å². The fraction of sp³-hybridized carbons (Fsp3) is 0. The summed E-state index contributed by atoms with van der Waals surface area (Å²) in [5.41, 5.74) is 0. The van der Waals surface area contributed by atoms with Gasteiger partial charge in [-0.15, -0.1) is 42.6 Å². The van der Waals surface area contributed by atoms with Crippen molar-refractivity contribution >= 4 is 45.8 Å². The second-order valence-electron chi connectivity index (χ2n) is 5.62. The van der Waals surface area contributed by atoms with Gasteiger partial charge in [-0.25, -0.2) is 12.1 Å². The van der Waals surface area contributed by atoms with Crippen molar-refractivity contribution in [2.24, 2.45) is 0 Å². The number of fused-ring (bicyclic) bond motifs is 2. The maximum absolute atomic E-state index is 4.93. The maximum Gasteiger partial charge on any atom is 0.00412 e. The third-order valence-electron chi connectivity index (χ3n) is 4.04. The Morgan fingerprint density at radius 1 is 0.769 bits per heavy atom. The van der Waals surface area contributed by atoms with E-state index in [9.17, 15) is 0 Å². The fourth-order valence-corrected chi connectivity index (χ4v) is 5.05. The van der Waals surface area contributed by atoms with Gasteiger partial charge in [-0.05, 0) is 17.3 Å². The van der Waals surface area contributed by atoms with Crippen molar-refractivity contribution in [3.63, 3.8) is 0 Å². The van der Waals surface area contributed by atoms with E-state index in [1.54, 1.807) is 0 Å². The fourth-order valence-electron chi connectivity index (χ4n) is 2.90. The molecule has 0 saturated heterocycles. The zero-order valence-electron chi connectivity index (χ0n) is 14.0. The predicted octanol–water partition coefficient (Wildman–Crippen LogP) is 8.47. The van der Waals surface area contributed by atoms with Crippen molar-refractivity contribution in [1.29, 1.82) is 0 Å². The molecule has 4 aromatic carbocycles. The molecule has 5 rings (SSSR count). The third kappa shape index (κ3) is 4.99. The van der Waals surface area contributed by atoms with Gasteiger partial charge in [0.1, 0.15) is 0 Å². The number of hydrogen-bond donors (Lipinski definition) is 0. The number of rotatable bonds is 1. The van der Waals surface area contributed by atoms with Gasteiger partial charge >= 0.3 is 37.9 Å². The summed E-state index contributed by atoms with van der Waals surface area (Å²) >= 11 is -0.826. The van der Waals surface area contributed by atoms with Crippen molar-refractivity contribution in [3.05, 3.63) is 103 Å². The standard InChI is InChI=1S/C17H12P.C5H5.2ClH.Zr/c1-2-7-15-12-16(11-14(15)6-1)18-10-9-13-5-3-4-8-17(13)18;1-2-4-5-3-1;;;/h1-12H;1-5H;2*1H;/q2*-1;;;+4/p-2. The molecule has 1 atom stereocenters. The van der Waals surface area contributed by atoms with Gasteiger partial charge < -0.3 is 0 Å². The zero-order chi connectivity index (χ0) is 18.2. The first-order valence-corrected chi connectivity index (χ1v) is 15.9. The number of hydrogen-bond acceptors (Lipinski definition) is 0. The summed E-state index contributed by atoms with van der Waals surface area (Å²) in [5, 5.41) is 7.05. The minimum Gasteiger partial charge on any atom is -0.214 e. The molecule has 1 unspecified atom stereocenters. The summed E-state index contributed by atoms with van der Waals surface area (Å²) in [6.45, 7) is 0. The van der Waals surface area contributed by atoms with Crippen LogP contribution in [0.1, 0.15) is 0 Å². The molecule has 1 heterocycles. The van der Waals surface area contributed by atoms with Crippen LogP contribution in [0.3, 0.4) is 0 Å². The van der Waals surface area contributed by atoms with Crippen molar-refractivity contribution in [2.45, 2.75) is 0 Å². The van der Waals surface area contributed by atoms with E-state index >= 15 is 0 Å². The minimum absolute atomic E-state index is 0.283. The molecule has 26 heavy (non-hydrogen) atoms. The van der Waals surface area contributed by atoms with Gasteiger partial charge in [-0.1, -0.05) is 35.6 Å². The van der Waals surface area contributed by atoms with Gasteiger partial charge in [-0.2, -0.15) is 24.3 Å². The monoisotopic (exact) mass is 472 g/mol. The smallest absolute Gasteiger partial charge is 0.00412 e. The van der Waals surface area contributed by atoms with Crippen LogP contribution in [0, 0.1) is 0 Å². The van der Waals surface area contributed by atoms with Crippen molar-refractivity contribution in [2.75, 3.05) is 0 Å². The molecule has 5 aromatic rings. The van der Waals surface area contributed by atoms with Crippen LogP contribution in [-0.2, 0) is 20.8 Å². The molecule has 4 heteroatoms. The molecule has 1 aromatic heterocycles. The average Bonchev–Trinajstić information content (AvgIpc) is 3.42. The minimum atomic E-state index is -0.826. The Hall–Kier alpha value is -1.10. The van der Waals surface area contributed by atoms with E-state index in [0.717, 1.165) is 0 Å². The molecule has 0 aliphatic carbocycles. The van der Waals surface area contributed by atoms with Crippen LogP contribution in [0.25, 0.3) is 26.6 Å². The van der Waals surface area contributed by atoms with Crippen LogP contribution >= 0.6 is 24.6 Å². The van der Waals surface area contributed by atoms with Gasteiger partial charge in [0.05, 0.1) is 0 Å². The molecule has 128 valence electrons. The summed E-state index contributed by atoms with van der Waals surface area (Å²) in [4.78, 5) is 0. The van der Waals surface area contributed by atoms with E-state index in [1.165, 1.54) is 26.6 Å². The van der Waals surface area contributed by atoms with E-state index in [-0.39, 0.29) is 7.53 Å². The Labute approximate surface area is 173 Å². The Morgan fingerprint density at radius 2 is 1.42 bits per heavy atom. The van der Waals surface area contributed by atoms with Crippen LogP contribution in [0.2, 0.25) is 0 Å². The van der Waals surface area contributed by atoms with Crippen LogP contribution in [0.4, 0.5) is 0 Å². The summed E-state index contributed by atoms with van der Waals surface area (Å²) in [7, 11) is 9.58. The third-order valence-corrected chi connectivity index (χ3v) is 6.22. The van der Waals surface area contributed by atoms with E-state index in [0.29, 0.717) is 0 Å². The van der Waals surface area contributed by atoms with E-state index in [4.69, 9.17) is 17.0 Å². The van der Waals surface area contributed by atoms with Crippen LogP contribution in [-0.4, -0.2) is 0 Å². The van der Waals surface area contributed by atoms with Gasteiger partial charge in [0.2, 0.25) is 0 Å². The van der Waals surface area contributed by atoms with Crippen LogP contribution in [0.5, 0.6) is 0 Å². The van der Waals surface area contributed by atoms with Crippen molar-refractivity contribution in [1.82, 2.24) is 0 Å². The number of halogens is 2. The second-order valence-corrected chi connectivity index (χ2v) is 11.4. The summed E-state index contributed by atoms with van der Waals surface area (Å²) in [6.07, 6.45) is 0. The first-order valence-electron chi connectivity index (χ1n) is 8.18. The van der Waals surface area contributed by atoms with Gasteiger partial charge in [0, 0.05) is 5.12 Å². The summed E-state index contributed by atoms with van der Waals surface area (Å²) in [5.74, 6) is 2.37. The Balaban J connectivity index is 0.000000207. The van der Waals surface area contributed by atoms with E-state index in [2.05, 4.69) is 72.5 Å². The Bertz CT molecular complexity index is 994. The molecule has 0 radical (unpaired) electrons. The molecule has 0 amide bonds. The predicted molar refractivity (Wildman–Crippen MR) is 115 cm³/mol. The van der Waals surface area contributed by atoms with Crippen LogP contribution < -0.4 is 0 Å². The first-order chi connectivity index (χ1) is 12.8. The molecular weight excluding hydrogens is 457 g/mol. The molecule has 0 saturated carbocycles. The first kappa shape index (κ1) is 19.7. The summed E-state index contributed by atoms with van der Waals surface area (Å²) < 4.78 is 0.